The normalized spacial score (nSPS) is 16.5. The number of anilines is 1. The number of nitrogens with one attached hydrogen (secondary N) is 2. The molecule has 4 nitrogen and oxygen atoms in total. The third-order valence-corrected chi connectivity index (χ3v) is 5.12. The Morgan fingerprint density at radius 1 is 1.00 bits per heavy atom. The van der Waals surface area contributed by atoms with Gasteiger partial charge < -0.3 is 10.6 Å². The van der Waals surface area contributed by atoms with Gasteiger partial charge in [-0.15, -0.1) is 0 Å². The molecular formula is C21H21N3O. The van der Waals surface area contributed by atoms with Gasteiger partial charge in [0.15, 0.2) is 0 Å². The average molecular weight is 331 g/mol. The van der Waals surface area contributed by atoms with Crippen LogP contribution in [0.2, 0.25) is 0 Å². The number of carbonyl (C=O) groups excluding carboxylic acids is 1. The molecule has 0 atom stereocenters. The smallest absolute Gasteiger partial charge is 0.235 e. The lowest BCUT2D eigenvalue weighted by Gasteiger charge is -2.36. The molecule has 1 fully saturated rings. The number of piperidine rings is 1. The molecule has 2 heterocycles. The van der Waals surface area contributed by atoms with Gasteiger partial charge in [-0.2, -0.15) is 0 Å². The third-order valence-electron chi connectivity index (χ3n) is 5.12. The lowest BCUT2D eigenvalue weighted by atomic mass is 9.72. The van der Waals surface area contributed by atoms with Gasteiger partial charge in [-0.05, 0) is 55.1 Å². The summed E-state index contributed by atoms with van der Waals surface area (Å²) < 4.78 is 0. The largest absolute Gasteiger partial charge is 0.325 e. The Kier molecular flexibility index (Phi) is 4.20. The molecule has 4 rings (SSSR count). The number of pyridine rings is 1. The van der Waals surface area contributed by atoms with Crippen molar-refractivity contribution < 1.29 is 4.79 Å². The van der Waals surface area contributed by atoms with Crippen LogP contribution in [0, 0.1) is 0 Å². The van der Waals surface area contributed by atoms with E-state index in [0.29, 0.717) is 0 Å². The van der Waals surface area contributed by atoms with Gasteiger partial charge in [0.1, 0.15) is 0 Å². The summed E-state index contributed by atoms with van der Waals surface area (Å²) in [5.74, 6) is 0.0726. The highest BCUT2D eigenvalue weighted by molar-refractivity contribution is 6.00. The van der Waals surface area contributed by atoms with E-state index in [1.807, 2.05) is 48.7 Å². The van der Waals surface area contributed by atoms with E-state index in [9.17, 15) is 4.79 Å². The molecule has 3 aromatic rings. The molecule has 1 saturated heterocycles. The van der Waals surface area contributed by atoms with Crippen LogP contribution in [-0.4, -0.2) is 24.0 Å². The van der Waals surface area contributed by atoms with Gasteiger partial charge in [0.05, 0.1) is 5.41 Å². The number of benzene rings is 2. The van der Waals surface area contributed by atoms with Gasteiger partial charge in [0.25, 0.3) is 0 Å². The number of aromatic nitrogens is 1. The Balaban J connectivity index is 1.66. The SMILES string of the molecule is O=C(Nc1ccc2ccncc2c1)C1(c2ccccc2)CCNCC1. The van der Waals surface area contributed by atoms with Crippen LogP contribution >= 0.6 is 0 Å². The minimum absolute atomic E-state index is 0.0726. The van der Waals surface area contributed by atoms with Crippen LogP contribution in [-0.2, 0) is 10.2 Å². The Morgan fingerprint density at radius 2 is 1.80 bits per heavy atom. The number of nitrogens with zero attached hydrogens (tertiary/aromatic N) is 1. The van der Waals surface area contributed by atoms with Crippen LogP contribution in [0.1, 0.15) is 18.4 Å². The Hall–Kier alpha value is -2.72. The Morgan fingerprint density at radius 3 is 2.60 bits per heavy atom. The number of fused-ring (bicyclic) bond motifs is 1. The zero-order valence-corrected chi connectivity index (χ0v) is 14.0. The van der Waals surface area contributed by atoms with Crippen LogP contribution in [0.5, 0.6) is 0 Å². The third kappa shape index (κ3) is 3.01. The summed E-state index contributed by atoms with van der Waals surface area (Å²) in [4.78, 5) is 17.4. The fraction of sp³-hybridized carbons (Fsp3) is 0.238. The van der Waals surface area contributed by atoms with Crippen LogP contribution in [0.4, 0.5) is 5.69 Å². The molecule has 0 radical (unpaired) electrons. The molecule has 0 spiro atoms. The topological polar surface area (TPSA) is 54.0 Å². The maximum absolute atomic E-state index is 13.3. The molecule has 1 aromatic heterocycles. The van der Waals surface area contributed by atoms with E-state index in [1.165, 1.54) is 0 Å². The maximum Gasteiger partial charge on any atom is 0.235 e. The highest BCUT2D eigenvalue weighted by Gasteiger charge is 2.41. The van der Waals surface area contributed by atoms with Crippen LogP contribution in [0.3, 0.4) is 0 Å². The molecule has 1 aliphatic heterocycles. The standard InChI is InChI=1S/C21H21N3O/c25-20(24-19-7-6-16-8-11-23-15-17(16)14-19)21(9-12-22-13-10-21)18-4-2-1-3-5-18/h1-8,11,14-15,22H,9-10,12-13H2,(H,24,25). The van der Waals surface area contributed by atoms with Crippen molar-refractivity contribution in [2.75, 3.05) is 18.4 Å². The van der Waals surface area contributed by atoms with E-state index in [-0.39, 0.29) is 5.91 Å². The molecule has 1 aliphatic rings. The number of hydrogen-bond acceptors (Lipinski definition) is 3. The predicted molar refractivity (Wildman–Crippen MR) is 101 cm³/mol. The van der Waals surface area contributed by atoms with Crippen molar-refractivity contribution >= 4 is 22.4 Å². The van der Waals surface area contributed by atoms with E-state index in [0.717, 1.165) is 48.0 Å². The zero-order valence-electron chi connectivity index (χ0n) is 14.0. The second kappa shape index (κ2) is 6.65. The number of hydrogen-bond donors (Lipinski definition) is 2. The monoisotopic (exact) mass is 331 g/mol. The van der Waals surface area contributed by atoms with Crippen molar-refractivity contribution in [3.05, 3.63) is 72.6 Å². The molecule has 0 bridgehead atoms. The van der Waals surface area contributed by atoms with E-state index in [1.54, 1.807) is 6.20 Å². The lowest BCUT2D eigenvalue weighted by Crippen LogP contribution is -2.48. The molecular weight excluding hydrogens is 310 g/mol. The lowest BCUT2D eigenvalue weighted by molar-refractivity contribution is -0.122. The van der Waals surface area contributed by atoms with Crippen LogP contribution in [0.15, 0.2) is 67.0 Å². The van der Waals surface area contributed by atoms with Crippen molar-refractivity contribution in [1.82, 2.24) is 10.3 Å². The second-order valence-corrected chi connectivity index (χ2v) is 6.59. The average Bonchev–Trinajstić information content (AvgIpc) is 2.69. The van der Waals surface area contributed by atoms with Gasteiger partial charge in [-0.3, -0.25) is 9.78 Å². The van der Waals surface area contributed by atoms with Crippen molar-refractivity contribution in [2.45, 2.75) is 18.3 Å². The molecule has 126 valence electrons. The molecule has 1 amide bonds. The molecule has 0 aliphatic carbocycles. The number of amides is 1. The first-order valence-corrected chi connectivity index (χ1v) is 8.69. The summed E-state index contributed by atoms with van der Waals surface area (Å²) in [6.45, 7) is 1.70. The van der Waals surface area contributed by atoms with Gasteiger partial charge in [-0.25, -0.2) is 0 Å². The minimum Gasteiger partial charge on any atom is -0.325 e. The summed E-state index contributed by atoms with van der Waals surface area (Å²) in [5, 5.41) is 8.66. The quantitative estimate of drug-likeness (QED) is 0.772. The second-order valence-electron chi connectivity index (χ2n) is 6.59. The van der Waals surface area contributed by atoms with Gasteiger partial charge in [-0.1, -0.05) is 36.4 Å². The highest BCUT2D eigenvalue weighted by Crippen LogP contribution is 2.35. The summed E-state index contributed by atoms with van der Waals surface area (Å²) >= 11 is 0. The van der Waals surface area contributed by atoms with E-state index in [4.69, 9.17) is 0 Å². The minimum atomic E-state index is -0.476. The summed E-state index contributed by atoms with van der Waals surface area (Å²) in [5.41, 5.74) is 1.44. The summed E-state index contributed by atoms with van der Waals surface area (Å²) in [7, 11) is 0. The Labute approximate surface area is 147 Å². The molecule has 0 saturated carbocycles. The van der Waals surface area contributed by atoms with Crippen molar-refractivity contribution in [2.24, 2.45) is 0 Å². The summed E-state index contributed by atoms with van der Waals surface area (Å²) in [6, 6.07) is 18.1. The fourth-order valence-electron chi connectivity index (χ4n) is 3.67. The predicted octanol–water partition coefficient (Wildman–Crippen LogP) is 3.49. The Bertz CT molecular complexity index is 886. The maximum atomic E-state index is 13.3. The van der Waals surface area contributed by atoms with Crippen molar-refractivity contribution in [3.63, 3.8) is 0 Å². The van der Waals surface area contributed by atoms with Crippen LogP contribution in [0.25, 0.3) is 10.8 Å². The first-order chi connectivity index (χ1) is 12.3. The highest BCUT2D eigenvalue weighted by atomic mass is 16.2. The first kappa shape index (κ1) is 15.8. The zero-order chi connectivity index (χ0) is 17.1. The van der Waals surface area contributed by atoms with Crippen LogP contribution < -0.4 is 10.6 Å². The molecule has 2 N–H and O–H groups in total. The van der Waals surface area contributed by atoms with Crippen molar-refractivity contribution in [3.8, 4) is 0 Å². The molecule has 0 unspecified atom stereocenters. The van der Waals surface area contributed by atoms with E-state index < -0.39 is 5.41 Å². The first-order valence-electron chi connectivity index (χ1n) is 8.69. The molecule has 25 heavy (non-hydrogen) atoms. The van der Waals surface area contributed by atoms with E-state index >= 15 is 0 Å². The van der Waals surface area contributed by atoms with Gasteiger partial charge >= 0.3 is 0 Å². The van der Waals surface area contributed by atoms with Gasteiger partial charge in [0.2, 0.25) is 5.91 Å². The number of carbonyl (C=O) groups is 1. The number of rotatable bonds is 3. The molecule has 4 heteroatoms. The molecule has 2 aromatic carbocycles. The van der Waals surface area contributed by atoms with Crippen molar-refractivity contribution in [1.29, 1.82) is 0 Å². The fourth-order valence-corrected chi connectivity index (χ4v) is 3.67. The summed E-state index contributed by atoms with van der Waals surface area (Å²) in [6.07, 6.45) is 5.21. The van der Waals surface area contributed by atoms with E-state index in [2.05, 4.69) is 27.8 Å². The van der Waals surface area contributed by atoms with Gasteiger partial charge in [0, 0.05) is 23.5 Å².